The highest BCUT2D eigenvalue weighted by molar-refractivity contribution is 6.73. The number of carboxylic acids is 1. The summed E-state index contributed by atoms with van der Waals surface area (Å²) >= 11 is 0. The van der Waals surface area contributed by atoms with Crippen LogP contribution >= 0.6 is 0 Å². The number of carboxylic acid groups (broad SMARTS) is 1. The van der Waals surface area contributed by atoms with E-state index in [9.17, 15) is 24.0 Å². The highest BCUT2D eigenvalue weighted by Gasteiger charge is 2.60. The number of rotatable bonds is 0. The van der Waals surface area contributed by atoms with Crippen molar-refractivity contribution in [3.8, 4) is 0 Å². The summed E-state index contributed by atoms with van der Waals surface area (Å²) < 4.78 is 18.4. The third kappa shape index (κ3) is 12.9. The Kier molecular flexibility index (Phi) is 12.6. The molecule has 4 heterocycles. The second-order valence-electron chi connectivity index (χ2n) is 5.75. The van der Waals surface area contributed by atoms with Gasteiger partial charge < -0.3 is 48.5 Å². The Morgan fingerprint density at radius 3 is 1.57 bits per heavy atom. The van der Waals surface area contributed by atoms with Crippen molar-refractivity contribution in [2.45, 2.75) is 0 Å². The molecule has 0 aliphatic carbocycles. The van der Waals surface area contributed by atoms with Crippen LogP contribution in [0.4, 0.5) is 0 Å². The van der Waals surface area contributed by atoms with Gasteiger partial charge in [0.05, 0.1) is 24.4 Å². The average molecular weight is 505 g/mol. The fourth-order valence-corrected chi connectivity index (χ4v) is 1.55. The highest BCUT2D eigenvalue weighted by atomic mass is 17.0. The van der Waals surface area contributed by atoms with Gasteiger partial charge in [-0.25, -0.2) is 33.9 Å². The molecule has 4 rings (SSSR count). The average Bonchev–Trinajstić information content (AvgIpc) is 3.50. The van der Waals surface area contributed by atoms with E-state index >= 15 is 0 Å². The molecule has 0 radical (unpaired) electrons. The molecular formula is C14H19B2N4O15+. The van der Waals surface area contributed by atoms with Crippen LogP contribution in [0.3, 0.4) is 0 Å². The number of hydrogen-bond acceptors (Lipinski definition) is 15. The summed E-state index contributed by atoms with van der Waals surface area (Å²) in [5, 5.41) is 34.7. The van der Waals surface area contributed by atoms with Gasteiger partial charge in [-0.1, -0.05) is 0 Å². The van der Waals surface area contributed by atoms with Gasteiger partial charge in [-0.3, -0.25) is 4.90 Å². The zero-order valence-corrected chi connectivity index (χ0v) is 17.8. The van der Waals surface area contributed by atoms with Gasteiger partial charge in [0.2, 0.25) is 0 Å². The minimum atomic E-state index is -3.30. The van der Waals surface area contributed by atoms with Gasteiger partial charge in [0.1, 0.15) is 6.20 Å². The Labute approximate surface area is 194 Å². The lowest BCUT2D eigenvalue weighted by atomic mass is 10.1. The van der Waals surface area contributed by atoms with E-state index in [4.69, 9.17) is 30.1 Å². The Hall–Kier alpha value is -4.59. The molecule has 1 unspecified atom stereocenters. The van der Waals surface area contributed by atoms with Crippen LogP contribution in [0.1, 0.15) is 0 Å². The summed E-state index contributed by atoms with van der Waals surface area (Å²) in [7, 11) is 1.79. The van der Waals surface area contributed by atoms with Crippen molar-refractivity contribution in [3.63, 3.8) is 0 Å². The molecule has 35 heavy (non-hydrogen) atoms. The van der Waals surface area contributed by atoms with Crippen LogP contribution in [0.5, 0.6) is 0 Å². The molecule has 7 N–H and O–H groups in total. The van der Waals surface area contributed by atoms with E-state index in [0.29, 0.717) is 0 Å². The number of aryl methyl sites for hydroxylation is 1. The first-order chi connectivity index (χ1) is 16.2. The minimum Gasteiger partial charge on any atom is -0.576 e. The first-order valence-electron chi connectivity index (χ1n) is 8.72. The fraction of sp³-hybridized carbons (Fsp3) is 0.143. The molecule has 2 saturated heterocycles. The van der Waals surface area contributed by atoms with Crippen LogP contribution < -0.4 is 4.90 Å². The lowest BCUT2D eigenvalue weighted by molar-refractivity contribution is -0.709. The maximum absolute atomic E-state index is 10.5. The van der Waals surface area contributed by atoms with E-state index < -0.39 is 50.1 Å². The normalized spacial score (nSPS) is 17.5. The maximum Gasteiger partial charge on any atom is 0.786 e. The van der Waals surface area contributed by atoms with Gasteiger partial charge in [-0.2, -0.15) is 0 Å². The summed E-state index contributed by atoms with van der Waals surface area (Å²) in [6.45, 7) is -3.30. The standard InChI is InChI=1S/C4BO8.2C4H6N2.C2H2O4.BH3O3/c6-1-2(7)11-5(10-1)12-3(8)4(9)13-5;2*1-6-3-2-5-4-6;3-1(4)2(5)6;2-1(3)4/h;2*2-4H,1H3;(H,3,4)(H,5,6);2-4H/q-1;;;;/p+2. The summed E-state index contributed by atoms with van der Waals surface area (Å²) in [6, 6.07) is 0. The monoisotopic (exact) mass is 505 g/mol. The van der Waals surface area contributed by atoms with Crippen molar-refractivity contribution in [1.29, 1.82) is 0 Å². The van der Waals surface area contributed by atoms with E-state index in [1.807, 2.05) is 37.4 Å². The zero-order valence-electron chi connectivity index (χ0n) is 17.8. The Bertz CT molecular complexity index is 882. The topological polar surface area (TPSA) is 278 Å². The van der Waals surface area contributed by atoms with Crippen molar-refractivity contribution < 1.29 is 77.6 Å². The number of carbonyl (C=O) groups is 6. The Morgan fingerprint density at radius 2 is 1.43 bits per heavy atom. The molecule has 21 heteroatoms. The van der Waals surface area contributed by atoms with Crippen LogP contribution in [0.15, 0.2) is 36.1 Å². The number of aliphatic imine (C=N–C) groups is 1. The van der Waals surface area contributed by atoms with Crippen molar-refractivity contribution in [2.24, 2.45) is 12.0 Å². The molecule has 3 aliphatic heterocycles. The van der Waals surface area contributed by atoms with Gasteiger partial charge >= 0.3 is 50.1 Å². The first kappa shape index (κ1) is 30.4. The quantitative estimate of drug-likeness (QED) is 0.125. The second kappa shape index (κ2) is 14.5. The zero-order chi connectivity index (χ0) is 27.2. The largest absolute Gasteiger partial charge is 0.786 e. The summed E-state index contributed by atoms with van der Waals surface area (Å²) in [5.41, 5.74) is 0. The Morgan fingerprint density at radius 1 is 1.03 bits per heavy atom. The van der Waals surface area contributed by atoms with Crippen molar-refractivity contribution in [3.05, 3.63) is 31.1 Å². The number of aliphatic carboxylic acids is 1. The lowest BCUT2D eigenvalue weighted by Crippen LogP contribution is -3.01. The molecule has 0 saturated carbocycles. The van der Waals surface area contributed by atoms with Crippen LogP contribution in [-0.4, -0.2) is 98.3 Å². The molecular weight excluding hydrogens is 486 g/mol. The SMILES string of the molecule is C[NH+]1C=CN=C1.Cn1ccnc1.O=C(O)C(=O)[OH2+].O=C1O[B-]2(OC1=O)OC(=O)C(=O)O2.OB(O)O. The van der Waals surface area contributed by atoms with Crippen molar-refractivity contribution >= 4 is 56.4 Å². The molecule has 0 bridgehead atoms. The number of aromatic nitrogens is 2. The molecule has 1 aromatic heterocycles. The highest BCUT2D eigenvalue weighted by Crippen LogP contribution is 2.24. The van der Waals surface area contributed by atoms with Gasteiger partial charge in [0.15, 0.2) is 6.34 Å². The number of hydrogen-bond donors (Lipinski definition) is 5. The van der Waals surface area contributed by atoms with E-state index in [1.165, 1.54) is 4.90 Å². The van der Waals surface area contributed by atoms with Gasteiger partial charge in [0, 0.05) is 19.4 Å². The van der Waals surface area contributed by atoms with Crippen LogP contribution in [0, 0.1) is 0 Å². The third-order valence-electron chi connectivity index (χ3n) is 2.87. The number of nitrogens with zero attached hydrogens (tertiary/aromatic N) is 3. The number of carbonyl (C=O) groups excluding carboxylic acids is 5. The second-order valence-corrected chi connectivity index (χ2v) is 5.75. The number of nitrogens with one attached hydrogen (secondary N) is 1. The minimum absolute atomic E-state index is 1.23. The molecule has 0 aromatic carbocycles. The van der Waals surface area contributed by atoms with Gasteiger partial charge in [0.25, 0.3) is 0 Å². The molecule has 19 nitrogen and oxygen atoms in total. The van der Waals surface area contributed by atoms with E-state index in [1.54, 1.807) is 18.7 Å². The fourth-order valence-electron chi connectivity index (χ4n) is 1.55. The molecule has 3 aliphatic rings. The number of quaternary nitrogens is 1. The molecule has 1 spiro atoms. The predicted octanol–water partition coefficient (Wildman–Crippen LogP) is -6.67. The van der Waals surface area contributed by atoms with E-state index in [2.05, 4.69) is 28.6 Å². The maximum atomic E-state index is 10.5. The predicted molar refractivity (Wildman–Crippen MR) is 107 cm³/mol. The third-order valence-corrected chi connectivity index (χ3v) is 2.87. The molecule has 0 amide bonds. The van der Waals surface area contributed by atoms with Gasteiger partial charge in [-0.15, -0.1) is 0 Å². The van der Waals surface area contributed by atoms with Crippen molar-refractivity contribution in [1.82, 2.24) is 9.55 Å². The first-order valence-corrected chi connectivity index (χ1v) is 8.72. The van der Waals surface area contributed by atoms with E-state index in [0.717, 1.165) is 0 Å². The summed E-state index contributed by atoms with van der Waals surface area (Å²) in [6.07, 6.45) is 11.0. The van der Waals surface area contributed by atoms with Gasteiger partial charge in [-0.05, 0) is 0 Å². The molecule has 1 atom stereocenters. The summed E-state index contributed by atoms with van der Waals surface area (Å²) in [5.74, 6) is -8.78. The van der Waals surface area contributed by atoms with Crippen LogP contribution in [0.25, 0.3) is 0 Å². The van der Waals surface area contributed by atoms with Crippen LogP contribution in [-0.2, 0) is 54.4 Å². The summed E-state index contributed by atoms with van der Waals surface area (Å²) in [4.78, 5) is 69.2. The molecule has 190 valence electrons. The Balaban J connectivity index is 0.000000449. The van der Waals surface area contributed by atoms with Crippen LogP contribution in [0.2, 0.25) is 0 Å². The lowest BCUT2D eigenvalue weighted by Gasteiger charge is -2.21. The smallest absolute Gasteiger partial charge is 0.576 e. The number of imidazole rings is 1. The van der Waals surface area contributed by atoms with E-state index in [-0.39, 0.29) is 0 Å². The molecule has 1 aromatic rings. The molecule has 2 fully saturated rings. The van der Waals surface area contributed by atoms with Crippen molar-refractivity contribution in [2.75, 3.05) is 7.05 Å².